The molecular formula is C29H34FN6O2+. The fourth-order valence-corrected chi connectivity index (χ4v) is 5.68. The van der Waals surface area contributed by atoms with Crippen LogP contribution in [0.2, 0.25) is 0 Å². The molecule has 3 aromatic heterocycles. The van der Waals surface area contributed by atoms with Crippen molar-refractivity contribution in [2.24, 2.45) is 17.8 Å². The first-order chi connectivity index (χ1) is 18.4. The Morgan fingerprint density at radius 1 is 1.03 bits per heavy atom. The molecule has 8 nitrogen and oxygen atoms in total. The van der Waals surface area contributed by atoms with Gasteiger partial charge in [-0.15, -0.1) is 0 Å². The minimum atomic E-state index is -0.729. The van der Waals surface area contributed by atoms with Crippen LogP contribution in [0.4, 0.5) is 10.2 Å². The van der Waals surface area contributed by atoms with E-state index in [1.165, 1.54) is 0 Å². The number of hydrogen-bond donors (Lipinski definition) is 2. The van der Waals surface area contributed by atoms with Gasteiger partial charge in [0, 0.05) is 23.9 Å². The van der Waals surface area contributed by atoms with E-state index in [1.807, 2.05) is 26.1 Å². The first kappa shape index (κ1) is 24.7. The zero-order chi connectivity index (χ0) is 26.4. The molecule has 3 heterocycles. The zero-order valence-electron chi connectivity index (χ0n) is 21.8. The minimum Gasteiger partial charge on any atom is -0.339 e. The maximum Gasteiger partial charge on any atom is 0.270 e. The van der Waals surface area contributed by atoms with Crippen molar-refractivity contribution in [1.82, 2.24) is 20.1 Å². The van der Waals surface area contributed by atoms with Gasteiger partial charge in [-0.1, -0.05) is 0 Å². The highest BCUT2D eigenvalue weighted by Crippen LogP contribution is 2.51. The summed E-state index contributed by atoms with van der Waals surface area (Å²) >= 11 is 0. The summed E-state index contributed by atoms with van der Waals surface area (Å²) in [5, 5.41) is 10.1. The standard InChI is InChI=1S/C29H33FN6O2/c1-16(2)36-23(12-14-32-36)28(37)35-26(25(18-5-6-18)19-7-8-19)29(38)34-24-10-9-21(27(30)33-24)22-15-31-13-11-20(22)17-3-4-17/h9-19,25-26H,3-8H2,1-2H3,(H,35,37)(H,33,34,38)/p+1/t26-/m0/s1. The fourth-order valence-electron chi connectivity index (χ4n) is 5.68. The van der Waals surface area contributed by atoms with E-state index >= 15 is 4.39 Å². The molecule has 0 saturated heterocycles. The van der Waals surface area contributed by atoms with E-state index in [0.717, 1.165) is 49.7 Å². The zero-order valence-corrected chi connectivity index (χ0v) is 21.8. The Balaban J connectivity index is 1.24. The summed E-state index contributed by atoms with van der Waals surface area (Å²) in [6.07, 6.45) is 11.7. The molecule has 38 heavy (non-hydrogen) atoms. The third-order valence-corrected chi connectivity index (χ3v) is 7.98. The fraction of sp³-hybridized carbons (Fsp3) is 0.483. The molecule has 3 aliphatic rings. The predicted molar refractivity (Wildman–Crippen MR) is 140 cm³/mol. The second kappa shape index (κ2) is 9.93. The van der Waals surface area contributed by atoms with E-state index in [0.29, 0.717) is 29.0 Å². The molecule has 3 aromatic rings. The third-order valence-electron chi connectivity index (χ3n) is 7.98. The second-order valence-electron chi connectivity index (χ2n) is 11.3. The predicted octanol–water partition coefficient (Wildman–Crippen LogP) is 4.53. The van der Waals surface area contributed by atoms with Crippen LogP contribution in [0.15, 0.2) is 42.9 Å². The number of aromatic amines is 1. The Hall–Kier alpha value is -3.62. The molecule has 2 amide bonds. The van der Waals surface area contributed by atoms with Crippen molar-refractivity contribution in [1.29, 1.82) is 0 Å². The topological polar surface area (TPSA) is 103 Å². The molecule has 3 fully saturated rings. The molecule has 1 atom stereocenters. The smallest absolute Gasteiger partial charge is 0.270 e. The number of halogens is 1. The van der Waals surface area contributed by atoms with Crippen molar-refractivity contribution < 1.29 is 19.0 Å². The molecule has 3 N–H and O–H groups in total. The van der Waals surface area contributed by atoms with Crippen molar-refractivity contribution in [2.75, 3.05) is 5.32 Å². The molecule has 3 saturated carbocycles. The largest absolute Gasteiger partial charge is 0.339 e. The normalized spacial score (nSPS) is 18.0. The lowest BCUT2D eigenvalue weighted by Crippen LogP contribution is -2.50. The molecule has 3 aliphatic carbocycles. The second-order valence-corrected chi connectivity index (χ2v) is 11.3. The molecule has 6 rings (SSSR count). The van der Waals surface area contributed by atoms with Gasteiger partial charge >= 0.3 is 0 Å². The number of nitrogens with one attached hydrogen (secondary N) is 3. The van der Waals surface area contributed by atoms with Crippen molar-refractivity contribution in [3.63, 3.8) is 0 Å². The van der Waals surface area contributed by atoms with Gasteiger partial charge < -0.3 is 10.6 Å². The summed E-state index contributed by atoms with van der Waals surface area (Å²) < 4.78 is 16.9. The summed E-state index contributed by atoms with van der Waals surface area (Å²) in [6, 6.07) is 6.25. The van der Waals surface area contributed by atoms with E-state index in [9.17, 15) is 9.59 Å². The molecule has 0 spiro atoms. The van der Waals surface area contributed by atoms with E-state index in [2.05, 4.69) is 25.7 Å². The minimum absolute atomic E-state index is 0.00835. The Labute approximate surface area is 221 Å². The highest BCUT2D eigenvalue weighted by atomic mass is 19.1. The summed E-state index contributed by atoms with van der Waals surface area (Å²) in [5.74, 6) is 0.157. The molecule has 198 valence electrons. The molecule has 0 aromatic carbocycles. The summed E-state index contributed by atoms with van der Waals surface area (Å²) in [6.45, 7) is 3.91. The Kier molecular flexibility index (Phi) is 6.45. The lowest BCUT2D eigenvalue weighted by molar-refractivity contribution is -0.377. The van der Waals surface area contributed by atoms with Crippen molar-refractivity contribution in [3.8, 4) is 11.1 Å². The molecule has 0 bridgehead atoms. The van der Waals surface area contributed by atoms with Gasteiger partial charge in [0.1, 0.15) is 17.6 Å². The van der Waals surface area contributed by atoms with Crippen LogP contribution in [-0.4, -0.2) is 32.6 Å². The lowest BCUT2D eigenvalue weighted by atomic mass is 9.88. The summed E-state index contributed by atoms with van der Waals surface area (Å²) in [5.41, 5.74) is 2.74. The van der Waals surface area contributed by atoms with Gasteiger partial charge in [0.25, 0.3) is 5.91 Å². The first-order valence-electron chi connectivity index (χ1n) is 13.7. The Bertz CT molecular complexity index is 1350. The third kappa shape index (κ3) is 5.06. The van der Waals surface area contributed by atoms with E-state index in [-0.39, 0.29) is 29.6 Å². The lowest BCUT2D eigenvalue weighted by Gasteiger charge is -2.27. The number of carbonyl (C=O) groups excluding carboxylic acids is 2. The molecule has 9 heteroatoms. The van der Waals surface area contributed by atoms with Gasteiger partial charge in [0.2, 0.25) is 11.9 Å². The average Bonchev–Trinajstić information content (AvgIpc) is 3.76. The van der Waals surface area contributed by atoms with Crippen LogP contribution in [-0.2, 0) is 4.79 Å². The average molecular weight is 518 g/mol. The van der Waals surface area contributed by atoms with Crippen LogP contribution >= 0.6 is 0 Å². The highest BCUT2D eigenvalue weighted by molar-refractivity contribution is 6.00. The molecule has 0 aliphatic heterocycles. The number of hydrogen-bond acceptors (Lipinski definition) is 4. The van der Waals surface area contributed by atoms with Crippen LogP contribution in [0.25, 0.3) is 11.1 Å². The van der Waals surface area contributed by atoms with Gasteiger partial charge in [0.05, 0.1) is 5.56 Å². The number of amides is 2. The number of aromatic nitrogens is 4. The number of H-pyrrole nitrogens is 1. The van der Waals surface area contributed by atoms with Crippen LogP contribution in [0, 0.1) is 23.7 Å². The number of rotatable bonds is 10. The van der Waals surface area contributed by atoms with Gasteiger partial charge in [0.15, 0.2) is 12.4 Å². The summed E-state index contributed by atoms with van der Waals surface area (Å²) in [4.78, 5) is 34.1. The van der Waals surface area contributed by atoms with Crippen LogP contribution in [0.1, 0.15) is 80.4 Å². The van der Waals surface area contributed by atoms with E-state index < -0.39 is 12.0 Å². The van der Waals surface area contributed by atoms with E-state index in [1.54, 1.807) is 35.3 Å². The van der Waals surface area contributed by atoms with Crippen LogP contribution < -0.4 is 15.6 Å². The van der Waals surface area contributed by atoms with Crippen molar-refractivity contribution in [2.45, 2.75) is 70.4 Å². The van der Waals surface area contributed by atoms with Crippen molar-refractivity contribution in [3.05, 3.63) is 60.1 Å². The van der Waals surface area contributed by atoms with Gasteiger partial charge in [-0.2, -0.15) is 9.49 Å². The summed E-state index contributed by atoms with van der Waals surface area (Å²) in [7, 11) is 0. The monoisotopic (exact) mass is 517 g/mol. The quantitative estimate of drug-likeness (QED) is 0.386. The van der Waals surface area contributed by atoms with Gasteiger partial charge in [-0.3, -0.25) is 14.3 Å². The highest BCUT2D eigenvalue weighted by Gasteiger charge is 2.48. The SMILES string of the molecule is CC(C)n1nccc1C(=O)N[C@H](C(=O)Nc1ccc(-c2c[nH+]ccc2C2CC2)c(F)n1)C(C1CC1)C1CC1. The Morgan fingerprint density at radius 2 is 1.76 bits per heavy atom. The van der Waals surface area contributed by atoms with E-state index in [4.69, 9.17) is 0 Å². The maximum atomic E-state index is 15.2. The number of nitrogens with zero attached hydrogens (tertiary/aromatic N) is 3. The number of anilines is 1. The van der Waals surface area contributed by atoms with Crippen LogP contribution in [0.3, 0.4) is 0 Å². The van der Waals surface area contributed by atoms with Gasteiger partial charge in [-0.25, -0.2) is 9.97 Å². The molecular weight excluding hydrogens is 483 g/mol. The van der Waals surface area contributed by atoms with Gasteiger partial charge in [-0.05, 0) is 99.8 Å². The number of carbonyl (C=O) groups is 2. The van der Waals surface area contributed by atoms with Crippen molar-refractivity contribution >= 4 is 17.6 Å². The molecule has 0 unspecified atom stereocenters. The van der Waals surface area contributed by atoms with Crippen LogP contribution in [0.5, 0.6) is 0 Å². The first-order valence-corrected chi connectivity index (χ1v) is 13.7. The molecule has 0 radical (unpaired) electrons. The maximum absolute atomic E-state index is 15.2. The number of pyridine rings is 2. The Morgan fingerprint density at radius 3 is 2.39 bits per heavy atom.